The van der Waals surface area contributed by atoms with Crippen LogP contribution in [0.5, 0.6) is 5.75 Å². The van der Waals surface area contributed by atoms with Crippen molar-refractivity contribution in [1.82, 2.24) is 0 Å². The molecule has 0 atom stereocenters. The lowest BCUT2D eigenvalue weighted by Gasteiger charge is -2.16. The number of methoxy groups -OCH3 is 1. The fourth-order valence-corrected chi connectivity index (χ4v) is 3.66. The highest BCUT2D eigenvalue weighted by molar-refractivity contribution is 6.46. The normalized spacial score (nSPS) is 13.4. The Morgan fingerprint density at radius 2 is 1.55 bits per heavy atom. The maximum atomic E-state index is 13.5. The molecule has 3 aromatic rings. The number of anilines is 3. The molecule has 0 fully saturated rings. The molecular weight excluding hydrogens is 418 g/mol. The molecule has 0 radical (unpaired) electrons. The second-order valence-electron chi connectivity index (χ2n) is 7.65. The van der Waals surface area contributed by atoms with Gasteiger partial charge in [0.15, 0.2) is 0 Å². The predicted octanol–water partition coefficient (Wildman–Crippen LogP) is 4.36. The van der Waals surface area contributed by atoms with E-state index in [0.717, 1.165) is 5.56 Å². The first-order valence-electron chi connectivity index (χ1n) is 10.4. The van der Waals surface area contributed by atoms with Crippen molar-refractivity contribution < 1.29 is 19.1 Å². The standard InChI is InChI=1S/C26H23N3O4/c1-16-5-4-6-21(15-16)29-25(31)23(18-7-9-19(10-8-18)27-17(2)30)24(26(29)32)28-20-11-13-22(33-3)14-12-20/h4-15,28H,1-3H3,(H,27,30). The molecule has 0 aromatic heterocycles. The summed E-state index contributed by atoms with van der Waals surface area (Å²) in [5.74, 6) is -0.378. The van der Waals surface area contributed by atoms with E-state index >= 15 is 0 Å². The first-order valence-corrected chi connectivity index (χ1v) is 10.4. The lowest BCUT2D eigenvalue weighted by Crippen LogP contribution is -2.32. The third kappa shape index (κ3) is 4.48. The minimum absolute atomic E-state index is 0.180. The van der Waals surface area contributed by atoms with Crippen LogP contribution in [0.2, 0.25) is 0 Å². The van der Waals surface area contributed by atoms with Crippen molar-refractivity contribution >= 4 is 40.4 Å². The Morgan fingerprint density at radius 3 is 2.15 bits per heavy atom. The van der Waals surface area contributed by atoms with Gasteiger partial charge in [0.1, 0.15) is 11.4 Å². The van der Waals surface area contributed by atoms with E-state index in [1.54, 1.807) is 67.8 Å². The smallest absolute Gasteiger partial charge is 0.282 e. The van der Waals surface area contributed by atoms with Gasteiger partial charge in [-0.3, -0.25) is 14.4 Å². The molecule has 2 N–H and O–H groups in total. The molecule has 7 nitrogen and oxygen atoms in total. The van der Waals surface area contributed by atoms with Crippen LogP contribution in [-0.2, 0) is 14.4 Å². The van der Waals surface area contributed by atoms with E-state index < -0.39 is 11.8 Å². The summed E-state index contributed by atoms with van der Waals surface area (Å²) in [6.07, 6.45) is 0. The van der Waals surface area contributed by atoms with Crippen LogP contribution in [0.4, 0.5) is 17.1 Å². The number of rotatable bonds is 6. The van der Waals surface area contributed by atoms with Crippen LogP contribution in [0.3, 0.4) is 0 Å². The van der Waals surface area contributed by atoms with Gasteiger partial charge in [-0.25, -0.2) is 4.90 Å². The molecule has 3 amide bonds. The molecular formula is C26H23N3O4. The Hall–Kier alpha value is -4.39. The summed E-state index contributed by atoms with van der Waals surface area (Å²) in [6, 6.07) is 21.1. The van der Waals surface area contributed by atoms with Gasteiger partial charge in [0.2, 0.25) is 5.91 Å². The number of hydrogen-bond acceptors (Lipinski definition) is 5. The zero-order valence-electron chi connectivity index (χ0n) is 18.5. The Morgan fingerprint density at radius 1 is 0.879 bits per heavy atom. The lowest BCUT2D eigenvalue weighted by atomic mass is 10.0. The number of aryl methyl sites for hydroxylation is 1. The van der Waals surface area contributed by atoms with Gasteiger partial charge in [0.05, 0.1) is 18.4 Å². The van der Waals surface area contributed by atoms with Gasteiger partial charge in [0.25, 0.3) is 11.8 Å². The average Bonchev–Trinajstić information content (AvgIpc) is 3.04. The van der Waals surface area contributed by atoms with Gasteiger partial charge in [-0.15, -0.1) is 0 Å². The van der Waals surface area contributed by atoms with Crippen LogP contribution in [0.25, 0.3) is 5.57 Å². The van der Waals surface area contributed by atoms with Crippen LogP contribution >= 0.6 is 0 Å². The number of carbonyl (C=O) groups is 3. The van der Waals surface area contributed by atoms with Crippen LogP contribution in [0.1, 0.15) is 18.1 Å². The molecule has 1 aliphatic heterocycles. The number of nitrogens with one attached hydrogen (secondary N) is 2. The molecule has 0 unspecified atom stereocenters. The molecule has 1 heterocycles. The monoisotopic (exact) mass is 441 g/mol. The van der Waals surface area contributed by atoms with Gasteiger partial charge in [-0.2, -0.15) is 0 Å². The van der Waals surface area contributed by atoms with Crippen LogP contribution in [0.15, 0.2) is 78.5 Å². The second kappa shape index (κ2) is 9.00. The third-order valence-electron chi connectivity index (χ3n) is 5.20. The molecule has 3 aromatic carbocycles. The van der Waals surface area contributed by atoms with Crippen molar-refractivity contribution in [3.05, 3.63) is 89.6 Å². The lowest BCUT2D eigenvalue weighted by molar-refractivity contribution is -0.120. The number of benzene rings is 3. The summed E-state index contributed by atoms with van der Waals surface area (Å²) < 4.78 is 5.19. The molecule has 0 saturated carbocycles. The minimum atomic E-state index is -0.442. The zero-order chi connectivity index (χ0) is 23.5. The fourth-order valence-electron chi connectivity index (χ4n) is 3.66. The molecule has 166 valence electrons. The summed E-state index contributed by atoms with van der Waals surface area (Å²) in [5, 5.41) is 5.82. The number of amides is 3. The quantitative estimate of drug-likeness (QED) is 0.555. The first-order chi connectivity index (χ1) is 15.9. The number of ether oxygens (including phenoxy) is 1. The predicted molar refractivity (Wildman–Crippen MR) is 128 cm³/mol. The number of imide groups is 1. The van der Waals surface area contributed by atoms with E-state index in [0.29, 0.717) is 28.4 Å². The topological polar surface area (TPSA) is 87.7 Å². The summed E-state index contributed by atoms with van der Waals surface area (Å²) in [7, 11) is 1.58. The molecule has 0 bridgehead atoms. The Balaban J connectivity index is 1.77. The SMILES string of the molecule is COc1ccc(NC2=C(c3ccc(NC(C)=O)cc3)C(=O)N(c3cccc(C)c3)C2=O)cc1. The molecule has 33 heavy (non-hydrogen) atoms. The molecule has 0 aliphatic carbocycles. The highest BCUT2D eigenvalue weighted by Gasteiger charge is 2.40. The fraction of sp³-hybridized carbons (Fsp3) is 0.115. The highest BCUT2D eigenvalue weighted by Crippen LogP contribution is 2.34. The van der Waals surface area contributed by atoms with Gasteiger partial charge >= 0.3 is 0 Å². The van der Waals surface area contributed by atoms with Crippen LogP contribution < -0.4 is 20.3 Å². The van der Waals surface area contributed by atoms with Crippen molar-refractivity contribution in [2.75, 3.05) is 22.6 Å². The minimum Gasteiger partial charge on any atom is -0.497 e. The van der Waals surface area contributed by atoms with E-state index in [9.17, 15) is 14.4 Å². The van der Waals surface area contributed by atoms with Crippen molar-refractivity contribution in [3.8, 4) is 5.75 Å². The van der Waals surface area contributed by atoms with Gasteiger partial charge in [0, 0.05) is 18.3 Å². The first kappa shape index (κ1) is 21.8. The molecule has 4 rings (SSSR count). The Kier molecular flexibility index (Phi) is 5.95. The van der Waals surface area contributed by atoms with E-state index in [1.807, 2.05) is 19.1 Å². The maximum absolute atomic E-state index is 13.5. The summed E-state index contributed by atoms with van der Waals surface area (Å²) in [6.45, 7) is 3.33. The summed E-state index contributed by atoms with van der Waals surface area (Å²) in [5.41, 5.74) is 3.68. The number of carbonyl (C=O) groups excluding carboxylic acids is 3. The molecule has 7 heteroatoms. The average molecular weight is 441 g/mol. The second-order valence-corrected chi connectivity index (χ2v) is 7.65. The molecule has 0 spiro atoms. The van der Waals surface area contributed by atoms with Gasteiger partial charge < -0.3 is 15.4 Å². The third-order valence-corrected chi connectivity index (χ3v) is 5.20. The molecule has 0 saturated heterocycles. The van der Waals surface area contributed by atoms with E-state index in [-0.39, 0.29) is 17.2 Å². The number of hydrogen-bond donors (Lipinski definition) is 2. The maximum Gasteiger partial charge on any atom is 0.282 e. The zero-order valence-corrected chi connectivity index (χ0v) is 18.5. The van der Waals surface area contributed by atoms with E-state index in [2.05, 4.69) is 10.6 Å². The van der Waals surface area contributed by atoms with E-state index in [4.69, 9.17) is 4.74 Å². The Bertz CT molecular complexity index is 1260. The summed E-state index contributed by atoms with van der Waals surface area (Å²) in [4.78, 5) is 39.5. The Labute approximate surface area is 191 Å². The number of nitrogens with zero attached hydrogens (tertiary/aromatic N) is 1. The van der Waals surface area contributed by atoms with Crippen molar-refractivity contribution in [3.63, 3.8) is 0 Å². The highest BCUT2D eigenvalue weighted by atomic mass is 16.5. The van der Waals surface area contributed by atoms with Crippen LogP contribution in [0, 0.1) is 6.92 Å². The van der Waals surface area contributed by atoms with Crippen molar-refractivity contribution in [2.24, 2.45) is 0 Å². The van der Waals surface area contributed by atoms with Crippen molar-refractivity contribution in [1.29, 1.82) is 0 Å². The van der Waals surface area contributed by atoms with Gasteiger partial charge in [-0.1, -0.05) is 24.3 Å². The largest absolute Gasteiger partial charge is 0.497 e. The van der Waals surface area contributed by atoms with Crippen molar-refractivity contribution in [2.45, 2.75) is 13.8 Å². The molecule has 1 aliphatic rings. The van der Waals surface area contributed by atoms with E-state index in [1.165, 1.54) is 11.8 Å². The summed E-state index contributed by atoms with van der Waals surface area (Å²) >= 11 is 0. The van der Waals surface area contributed by atoms with Gasteiger partial charge in [-0.05, 0) is 66.6 Å². The van der Waals surface area contributed by atoms with Crippen LogP contribution in [-0.4, -0.2) is 24.8 Å².